The van der Waals surface area contributed by atoms with Crippen molar-refractivity contribution in [1.82, 2.24) is 20.1 Å². The Kier molecular flexibility index (Phi) is 5.53. The van der Waals surface area contributed by atoms with E-state index in [1.54, 1.807) is 18.3 Å². The third-order valence-electron chi connectivity index (χ3n) is 4.32. The van der Waals surface area contributed by atoms with Gasteiger partial charge in [0, 0.05) is 32.7 Å². The fourth-order valence-corrected chi connectivity index (χ4v) is 2.83. The summed E-state index contributed by atoms with van der Waals surface area (Å²) in [5, 5.41) is 11.2. The van der Waals surface area contributed by atoms with Crippen LogP contribution in [0.2, 0.25) is 0 Å². The van der Waals surface area contributed by atoms with Crippen LogP contribution in [0.1, 0.15) is 12.5 Å². The number of piperazine rings is 1. The highest BCUT2D eigenvalue weighted by Crippen LogP contribution is 2.14. The van der Waals surface area contributed by atoms with E-state index in [4.69, 9.17) is 0 Å². The van der Waals surface area contributed by atoms with Crippen LogP contribution in [0, 0.1) is 5.82 Å². The highest BCUT2D eigenvalue weighted by atomic mass is 19.1. The van der Waals surface area contributed by atoms with Gasteiger partial charge in [0.1, 0.15) is 5.82 Å². The number of benzene rings is 1. The number of likely N-dealkylation sites (N-methyl/N-ethyl adjacent to an activating group) is 1. The lowest BCUT2D eigenvalue weighted by Gasteiger charge is -2.34. The van der Waals surface area contributed by atoms with Crippen LogP contribution < -0.4 is 10.2 Å². The van der Waals surface area contributed by atoms with Crippen LogP contribution in [0.15, 0.2) is 30.5 Å². The van der Waals surface area contributed by atoms with E-state index in [0.29, 0.717) is 24.5 Å². The summed E-state index contributed by atoms with van der Waals surface area (Å²) in [7, 11) is 0. The quantitative estimate of drug-likeness (QED) is 0.872. The monoisotopic (exact) mass is 330 g/mol. The van der Waals surface area contributed by atoms with Crippen LogP contribution in [-0.2, 0) is 6.42 Å². The highest BCUT2D eigenvalue weighted by Gasteiger charge is 2.17. The predicted molar refractivity (Wildman–Crippen MR) is 92.7 cm³/mol. The Balaban J connectivity index is 1.55. The molecule has 1 aliphatic heterocycles. The van der Waals surface area contributed by atoms with E-state index >= 15 is 0 Å². The molecule has 1 aromatic heterocycles. The number of halogens is 1. The average Bonchev–Trinajstić information content (AvgIpc) is 2.64. The van der Waals surface area contributed by atoms with Crippen molar-refractivity contribution < 1.29 is 4.39 Å². The summed E-state index contributed by atoms with van der Waals surface area (Å²) in [4.78, 5) is 9.17. The summed E-state index contributed by atoms with van der Waals surface area (Å²) in [6, 6.07) is 6.80. The topological polar surface area (TPSA) is 57.2 Å². The fourth-order valence-electron chi connectivity index (χ4n) is 2.83. The van der Waals surface area contributed by atoms with Crippen LogP contribution >= 0.6 is 0 Å². The molecule has 1 fully saturated rings. The average molecular weight is 330 g/mol. The number of rotatable bonds is 6. The summed E-state index contributed by atoms with van der Waals surface area (Å²) in [6.45, 7) is 7.80. The van der Waals surface area contributed by atoms with Crippen molar-refractivity contribution in [3.63, 3.8) is 0 Å². The molecule has 128 valence electrons. The third kappa shape index (κ3) is 4.17. The third-order valence-corrected chi connectivity index (χ3v) is 4.32. The van der Waals surface area contributed by atoms with Gasteiger partial charge in [-0.15, -0.1) is 5.10 Å². The number of anilines is 2. The molecule has 1 aliphatic rings. The second-order valence-electron chi connectivity index (χ2n) is 5.83. The van der Waals surface area contributed by atoms with Crippen molar-refractivity contribution in [1.29, 1.82) is 0 Å². The lowest BCUT2D eigenvalue weighted by Crippen LogP contribution is -2.46. The highest BCUT2D eigenvalue weighted by molar-refractivity contribution is 5.40. The Labute approximate surface area is 141 Å². The van der Waals surface area contributed by atoms with Gasteiger partial charge in [0.25, 0.3) is 0 Å². The molecule has 1 saturated heterocycles. The van der Waals surface area contributed by atoms with Gasteiger partial charge in [0.2, 0.25) is 5.95 Å². The van der Waals surface area contributed by atoms with Gasteiger partial charge in [-0.2, -0.15) is 10.1 Å². The van der Waals surface area contributed by atoms with Crippen LogP contribution in [0.5, 0.6) is 0 Å². The van der Waals surface area contributed by atoms with Gasteiger partial charge >= 0.3 is 0 Å². The minimum Gasteiger partial charge on any atom is -0.353 e. The lowest BCUT2D eigenvalue weighted by atomic mass is 10.1. The molecule has 3 rings (SSSR count). The summed E-state index contributed by atoms with van der Waals surface area (Å²) >= 11 is 0. The van der Waals surface area contributed by atoms with E-state index < -0.39 is 0 Å². The first-order chi connectivity index (χ1) is 11.8. The van der Waals surface area contributed by atoms with Gasteiger partial charge in [-0.25, -0.2) is 4.39 Å². The number of aromatic nitrogens is 3. The van der Waals surface area contributed by atoms with E-state index in [-0.39, 0.29) is 5.82 Å². The second-order valence-corrected chi connectivity index (χ2v) is 5.83. The van der Waals surface area contributed by atoms with Gasteiger partial charge in [-0.05, 0) is 24.6 Å². The molecular weight excluding hydrogens is 307 g/mol. The molecule has 24 heavy (non-hydrogen) atoms. The van der Waals surface area contributed by atoms with E-state index in [0.717, 1.165) is 38.5 Å². The number of nitrogens with one attached hydrogen (secondary N) is 1. The zero-order chi connectivity index (χ0) is 16.8. The van der Waals surface area contributed by atoms with Crippen molar-refractivity contribution in [2.45, 2.75) is 13.3 Å². The maximum absolute atomic E-state index is 13.6. The molecule has 0 atom stereocenters. The van der Waals surface area contributed by atoms with Gasteiger partial charge in [0.15, 0.2) is 5.82 Å². The SMILES string of the molecule is CCN1CCN(c2cnnc(NCCc3ccccc3F)n2)CC1. The lowest BCUT2D eigenvalue weighted by molar-refractivity contribution is 0.270. The van der Waals surface area contributed by atoms with Gasteiger partial charge in [-0.1, -0.05) is 25.1 Å². The Bertz CT molecular complexity index is 657. The molecule has 0 unspecified atom stereocenters. The van der Waals surface area contributed by atoms with Gasteiger partial charge < -0.3 is 15.1 Å². The molecule has 2 heterocycles. The minimum atomic E-state index is -0.180. The largest absolute Gasteiger partial charge is 0.353 e. The molecule has 0 saturated carbocycles. The molecule has 7 heteroatoms. The van der Waals surface area contributed by atoms with Crippen LogP contribution in [-0.4, -0.2) is 59.3 Å². The fraction of sp³-hybridized carbons (Fsp3) is 0.471. The van der Waals surface area contributed by atoms with E-state index in [2.05, 4.69) is 37.2 Å². The van der Waals surface area contributed by atoms with Crippen LogP contribution in [0.25, 0.3) is 0 Å². The standard InChI is InChI=1S/C17H23FN6/c1-2-23-9-11-24(12-10-23)16-13-20-22-17(21-16)19-8-7-14-5-3-4-6-15(14)18/h3-6,13H,2,7-12H2,1H3,(H,19,21,22). The summed E-state index contributed by atoms with van der Waals surface area (Å²) in [6.07, 6.45) is 2.28. The summed E-state index contributed by atoms with van der Waals surface area (Å²) in [5.41, 5.74) is 0.685. The Hall–Kier alpha value is -2.28. The maximum Gasteiger partial charge on any atom is 0.244 e. The molecule has 0 radical (unpaired) electrons. The molecule has 0 spiro atoms. The van der Waals surface area contributed by atoms with Crippen molar-refractivity contribution >= 4 is 11.8 Å². The smallest absolute Gasteiger partial charge is 0.244 e. The maximum atomic E-state index is 13.6. The van der Waals surface area contributed by atoms with Gasteiger partial charge in [-0.3, -0.25) is 0 Å². The molecule has 0 amide bonds. The van der Waals surface area contributed by atoms with E-state index in [9.17, 15) is 4.39 Å². The van der Waals surface area contributed by atoms with Crippen LogP contribution in [0.3, 0.4) is 0 Å². The molecule has 6 nitrogen and oxygen atoms in total. The molecule has 1 aromatic carbocycles. The van der Waals surface area contributed by atoms with Crippen molar-refractivity contribution in [2.75, 3.05) is 49.5 Å². The zero-order valence-electron chi connectivity index (χ0n) is 14.0. The Morgan fingerprint density at radius 1 is 1.17 bits per heavy atom. The Morgan fingerprint density at radius 2 is 1.96 bits per heavy atom. The molecule has 2 aromatic rings. The minimum absolute atomic E-state index is 0.180. The van der Waals surface area contributed by atoms with Crippen LogP contribution in [0.4, 0.5) is 16.2 Å². The second kappa shape index (κ2) is 8.01. The number of hydrogen-bond acceptors (Lipinski definition) is 6. The van der Waals surface area contributed by atoms with Crippen molar-refractivity contribution in [2.24, 2.45) is 0 Å². The Morgan fingerprint density at radius 3 is 2.71 bits per heavy atom. The first-order valence-corrected chi connectivity index (χ1v) is 8.40. The normalized spacial score (nSPS) is 15.5. The van der Waals surface area contributed by atoms with Gasteiger partial charge in [0.05, 0.1) is 6.20 Å². The number of nitrogens with zero attached hydrogens (tertiary/aromatic N) is 5. The molecule has 1 N–H and O–H groups in total. The summed E-state index contributed by atoms with van der Waals surface area (Å²) < 4.78 is 13.6. The zero-order valence-corrected chi connectivity index (χ0v) is 14.0. The van der Waals surface area contributed by atoms with E-state index in [1.165, 1.54) is 6.07 Å². The van der Waals surface area contributed by atoms with Crippen molar-refractivity contribution in [3.8, 4) is 0 Å². The molecule has 0 aliphatic carbocycles. The predicted octanol–water partition coefficient (Wildman–Crippen LogP) is 1.81. The first kappa shape index (κ1) is 16.6. The molecular formula is C17H23FN6. The van der Waals surface area contributed by atoms with Crippen molar-refractivity contribution in [3.05, 3.63) is 41.8 Å². The summed E-state index contributed by atoms with van der Waals surface area (Å²) in [5.74, 6) is 1.15. The van der Waals surface area contributed by atoms with E-state index in [1.807, 2.05) is 6.07 Å². The molecule has 0 bridgehead atoms. The first-order valence-electron chi connectivity index (χ1n) is 8.40. The number of hydrogen-bond donors (Lipinski definition) is 1.